The van der Waals surface area contributed by atoms with Crippen molar-refractivity contribution in [3.8, 4) is 0 Å². The molecule has 0 spiro atoms. The minimum atomic E-state index is -1.13. The molecule has 1 aromatic carbocycles. The lowest BCUT2D eigenvalue weighted by atomic mass is 10.2. The molecule has 5 nitrogen and oxygen atoms in total. The summed E-state index contributed by atoms with van der Waals surface area (Å²) in [7, 11) is 0. The molecular weight excluding hydrogens is 274 g/mol. The molecule has 0 aliphatic rings. The van der Waals surface area contributed by atoms with Gasteiger partial charge in [-0.3, -0.25) is 0 Å². The topological polar surface area (TPSA) is 63.8 Å². The van der Waals surface area contributed by atoms with Crippen molar-refractivity contribution in [3.63, 3.8) is 0 Å². The third kappa shape index (κ3) is 2.44. The highest BCUT2D eigenvalue weighted by atomic mass is 35.5. The average molecular weight is 282 g/mol. The maximum Gasteiger partial charge on any atom is 0.197 e. The van der Waals surface area contributed by atoms with Gasteiger partial charge >= 0.3 is 0 Å². The Morgan fingerprint density at radius 3 is 2.38 bits per heavy atom. The van der Waals surface area contributed by atoms with Gasteiger partial charge in [-0.2, -0.15) is 0 Å². The molecule has 1 heterocycles. The number of hydrogen-bond donors (Lipinski definition) is 1. The molecule has 1 N–H and O–H groups in total. The van der Waals surface area contributed by atoms with Crippen LogP contribution >= 0.6 is 35.6 Å². The molecule has 0 bridgehead atoms. The number of nitrogens with zero attached hydrogens (tertiary/aromatic N) is 4. The summed E-state index contributed by atoms with van der Waals surface area (Å²) in [6, 6.07) is 4.95. The van der Waals surface area contributed by atoms with Crippen molar-refractivity contribution in [2.75, 3.05) is 0 Å². The molecular formula is C8H7Cl3N4O. The number of benzene rings is 1. The molecule has 1 atom stereocenters. The van der Waals surface area contributed by atoms with Crippen LogP contribution in [-0.4, -0.2) is 25.3 Å². The smallest absolute Gasteiger partial charge is 0.197 e. The zero-order chi connectivity index (χ0) is 10.8. The SMILES string of the molecule is Cl.OC(c1c(Cl)cccc1Cl)n1ncnn1. The van der Waals surface area contributed by atoms with Crippen LogP contribution in [0.1, 0.15) is 11.8 Å². The highest BCUT2D eigenvalue weighted by molar-refractivity contribution is 6.36. The summed E-state index contributed by atoms with van der Waals surface area (Å²) in [5.41, 5.74) is 0.360. The molecule has 1 aromatic heterocycles. The summed E-state index contributed by atoms with van der Waals surface area (Å²) in [6.45, 7) is 0. The van der Waals surface area contributed by atoms with E-state index in [0.29, 0.717) is 15.6 Å². The minimum Gasteiger partial charge on any atom is -0.366 e. The maximum atomic E-state index is 9.87. The van der Waals surface area contributed by atoms with E-state index in [0.717, 1.165) is 4.80 Å². The fourth-order valence-corrected chi connectivity index (χ4v) is 1.75. The van der Waals surface area contributed by atoms with Crippen LogP contribution in [0.25, 0.3) is 0 Å². The van der Waals surface area contributed by atoms with Gasteiger partial charge in [0.05, 0.1) is 0 Å². The predicted octanol–water partition coefficient (Wildman–Crippen LogP) is 1.94. The Bertz CT molecular complexity index is 442. The van der Waals surface area contributed by atoms with Crippen LogP contribution < -0.4 is 0 Å². The number of aromatic nitrogens is 4. The monoisotopic (exact) mass is 280 g/mol. The molecule has 0 fully saturated rings. The van der Waals surface area contributed by atoms with Crippen LogP contribution in [0.3, 0.4) is 0 Å². The van der Waals surface area contributed by atoms with Crippen LogP contribution in [0.2, 0.25) is 10.0 Å². The molecule has 2 aromatic rings. The van der Waals surface area contributed by atoms with E-state index in [-0.39, 0.29) is 12.4 Å². The van der Waals surface area contributed by atoms with E-state index >= 15 is 0 Å². The second-order valence-corrected chi connectivity index (χ2v) is 3.58. The second-order valence-electron chi connectivity index (χ2n) is 2.77. The van der Waals surface area contributed by atoms with Crippen molar-refractivity contribution in [3.05, 3.63) is 40.1 Å². The van der Waals surface area contributed by atoms with Gasteiger partial charge in [0.1, 0.15) is 0 Å². The third-order valence-electron chi connectivity index (χ3n) is 1.84. The number of rotatable bonds is 2. The molecule has 0 saturated carbocycles. The lowest BCUT2D eigenvalue weighted by Crippen LogP contribution is -2.14. The molecule has 8 heteroatoms. The Hall–Kier alpha value is -0.880. The number of halogens is 3. The maximum absolute atomic E-state index is 9.87. The van der Waals surface area contributed by atoms with Crippen LogP contribution in [0.15, 0.2) is 24.5 Å². The normalized spacial score (nSPS) is 11.9. The van der Waals surface area contributed by atoms with Crippen LogP contribution in [0.4, 0.5) is 0 Å². The summed E-state index contributed by atoms with van der Waals surface area (Å²) in [5.74, 6) is 0. The number of aliphatic hydroxyl groups excluding tert-OH is 1. The number of aliphatic hydroxyl groups is 1. The van der Waals surface area contributed by atoms with Crippen molar-refractivity contribution in [1.82, 2.24) is 20.2 Å². The standard InChI is InChI=1S/C8H6Cl2N4O.ClH/c9-5-2-1-3-6(10)7(5)8(15)14-12-4-11-13-14;/h1-4,8,15H;1H. The molecule has 0 saturated heterocycles. The highest BCUT2D eigenvalue weighted by Crippen LogP contribution is 2.30. The molecule has 0 aliphatic heterocycles. The Balaban J connectivity index is 0.00000128. The van der Waals surface area contributed by atoms with E-state index in [4.69, 9.17) is 23.2 Å². The molecule has 0 amide bonds. The van der Waals surface area contributed by atoms with E-state index < -0.39 is 6.23 Å². The van der Waals surface area contributed by atoms with Crippen molar-refractivity contribution < 1.29 is 5.11 Å². The fourth-order valence-electron chi connectivity index (χ4n) is 1.16. The Morgan fingerprint density at radius 2 is 1.88 bits per heavy atom. The minimum absolute atomic E-state index is 0. The molecule has 86 valence electrons. The zero-order valence-corrected chi connectivity index (χ0v) is 10.1. The fraction of sp³-hybridized carbons (Fsp3) is 0.125. The van der Waals surface area contributed by atoms with Gasteiger partial charge in [0.25, 0.3) is 0 Å². The Kier molecular flexibility index (Phi) is 4.49. The van der Waals surface area contributed by atoms with Gasteiger partial charge in [0.2, 0.25) is 0 Å². The Morgan fingerprint density at radius 1 is 1.25 bits per heavy atom. The first-order valence-electron chi connectivity index (χ1n) is 4.04. The van der Waals surface area contributed by atoms with Crippen LogP contribution in [0, 0.1) is 0 Å². The molecule has 2 rings (SSSR count). The Labute approximate surface area is 107 Å². The van der Waals surface area contributed by atoms with Crippen molar-refractivity contribution >= 4 is 35.6 Å². The van der Waals surface area contributed by atoms with E-state index in [2.05, 4.69) is 15.4 Å². The predicted molar refractivity (Wildman–Crippen MR) is 61.9 cm³/mol. The first-order valence-corrected chi connectivity index (χ1v) is 4.80. The van der Waals surface area contributed by atoms with Gasteiger partial charge in [-0.1, -0.05) is 29.3 Å². The van der Waals surface area contributed by atoms with E-state index in [9.17, 15) is 5.11 Å². The van der Waals surface area contributed by atoms with Gasteiger partial charge in [-0.25, -0.2) is 0 Å². The molecule has 0 radical (unpaired) electrons. The third-order valence-corrected chi connectivity index (χ3v) is 2.50. The first-order chi connectivity index (χ1) is 7.20. The van der Waals surface area contributed by atoms with Crippen LogP contribution in [-0.2, 0) is 0 Å². The summed E-state index contributed by atoms with van der Waals surface area (Å²) < 4.78 is 0. The molecule has 1 unspecified atom stereocenters. The number of tetrazole rings is 1. The van der Waals surface area contributed by atoms with Gasteiger partial charge in [0, 0.05) is 15.6 Å². The first kappa shape index (κ1) is 13.2. The lowest BCUT2D eigenvalue weighted by molar-refractivity contribution is 0.114. The van der Waals surface area contributed by atoms with Gasteiger partial charge in [0.15, 0.2) is 12.6 Å². The second kappa shape index (κ2) is 5.45. The summed E-state index contributed by atoms with van der Waals surface area (Å²) >= 11 is 11.8. The van der Waals surface area contributed by atoms with E-state index in [1.165, 1.54) is 6.33 Å². The van der Waals surface area contributed by atoms with Crippen LogP contribution in [0.5, 0.6) is 0 Å². The summed E-state index contributed by atoms with van der Waals surface area (Å²) in [4.78, 5) is 1.02. The summed E-state index contributed by atoms with van der Waals surface area (Å²) in [5, 5.41) is 21.3. The number of hydrogen-bond acceptors (Lipinski definition) is 4. The summed E-state index contributed by atoms with van der Waals surface area (Å²) in [6.07, 6.45) is 0.0854. The average Bonchev–Trinajstić information content (AvgIpc) is 2.69. The van der Waals surface area contributed by atoms with Gasteiger partial charge in [-0.15, -0.1) is 27.4 Å². The zero-order valence-electron chi connectivity index (χ0n) is 7.79. The van der Waals surface area contributed by atoms with Gasteiger partial charge < -0.3 is 5.11 Å². The van der Waals surface area contributed by atoms with Crippen molar-refractivity contribution in [1.29, 1.82) is 0 Å². The van der Waals surface area contributed by atoms with Crippen molar-refractivity contribution in [2.24, 2.45) is 0 Å². The van der Waals surface area contributed by atoms with E-state index in [1.807, 2.05) is 0 Å². The largest absolute Gasteiger partial charge is 0.366 e. The molecule has 16 heavy (non-hydrogen) atoms. The van der Waals surface area contributed by atoms with Gasteiger partial charge in [-0.05, 0) is 17.3 Å². The van der Waals surface area contributed by atoms with E-state index in [1.54, 1.807) is 18.2 Å². The van der Waals surface area contributed by atoms with Crippen molar-refractivity contribution in [2.45, 2.75) is 6.23 Å². The quantitative estimate of drug-likeness (QED) is 0.914. The highest BCUT2D eigenvalue weighted by Gasteiger charge is 2.18. The lowest BCUT2D eigenvalue weighted by Gasteiger charge is -2.12. The molecule has 0 aliphatic carbocycles.